The van der Waals surface area contributed by atoms with Gasteiger partial charge in [0.25, 0.3) is 0 Å². The Hall–Kier alpha value is -1.82. The molecule has 6 heteroatoms. The highest BCUT2D eigenvalue weighted by Gasteiger charge is 2.38. The summed E-state index contributed by atoms with van der Waals surface area (Å²) in [6.07, 6.45) is 1.09. The number of carbonyl (C=O) groups excluding carboxylic acids is 2. The number of rotatable bonds is 6. The van der Waals surface area contributed by atoms with Crippen molar-refractivity contribution >= 4 is 34.4 Å². The molecule has 1 heterocycles. The molecule has 124 valence electrons. The first kappa shape index (κ1) is 17.5. The molecule has 1 N–H and O–H groups in total. The molecule has 1 aliphatic rings. The number of nitrogens with one attached hydrogen (secondary N) is 1. The van der Waals surface area contributed by atoms with Gasteiger partial charge in [0.05, 0.1) is 5.69 Å². The Morgan fingerprint density at radius 1 is 1.30 bits per heavy atom. The van der Waals surface area contributed by atoms with E-state index in [9.17, 15) is 9.59 Å². The highest BCUT2D eigenvalue weighted by molar-refractivity contribution is 8.15. The smallest absolute Gasteiger partial charge is 0.242 e. The van der Waals surface area contributed by atoms with Crippen LogP contribution in [0.2, 0.25) is 0 Å². The maximum absolute atomic E-state index is 12.5. The van der Waals surface area contributed by atoms with E-state index in [1.807, 2.05) is 38.1 Å². The Morgan fingerprint density at radius 3 is 2.70 bits per heavy atom. The summed E-state index contributed by atoms with van der Waals surface area (Å²) in [5.74, 6) is -0.124. The van der Waals surface area contributed by atoms with Gasteiger partial charge in [-0.1, -0.05) is 36.9 Å². The van der Waals surface area contributed by atoms with Crippen LogP contribution in [0.1, 0.15) is 32.8 Å². The van der Waals surface area contributed by atoms with Gasteiger partial charge in [0, 0.05) is 19.5 Å². The van der Waals surface area contributed by atoms with Gasteiger partial charge in [-0.2, -0.15) is 0 Å². The minimum absolute atomic E-state index is 0.0310. The summed E-state index contributed by atoms with van der Waals surface area (Å²) in [7, 11) is 0. The summed E-state index contributed by atoms with van der Waals surface area (Å²) in [6.45, 7) is 7.02. The Balaban J connectivity index is 2.23. The molecule has 1 aromatic rings. The van der Waals surface area contributed by atoms with Crippen molar-refractivity contribution in [2.75, 3.05) is 13.1 Å². The summed E-state index contributed by atoms with van der Waals surface area (Å²) in [4.78, 5) is 30.6. The molecule has 2 rings (SSSR count). The third kappa shape index (κ3) is 4.13. The lowest BCUT2D eigenvalue weighted by Gasteiger charge is -2.13. The summed E-state index contributed by atoms with van der Waals surface area (Å²) in [5, 5.41) is 3.05. The second-order valence-corrected chi connectivity index (χ2v) is 6.39. The van der Waals surface area contributed by atoms with Gasteiger partial charge in [-0.25, -0.2) is 4.99 Å². The number of hydrogen-bond donors (Lipinski definition) is 1. The monoisotopic (exact) mass is 333 g/mol. The molecule has 1 atom stereocenters. The van der Waals surface area contributed by atoms with Crippen LogP contribution < -0.4 is 5.32 Å². The fourth-order valence-electron chi connectivity index (χ4n) is 2.48. The zero-order chi connectivity index (χ0) is 16.8. The van der Waals surface area contributed by atoms with Crippen LogP contribution in [0.3, 0.4) is 0 Å². The van der Waals surface area contributed by atoms with Crippen molar-refractivity contribution in [3.05, 3.63) is 29.8 Å². The molecule has 0 aliphatic carbocycles. The van der Waals surface area contributed by atoms with Crippen molar-refractivity contribution in [2.45, 2.75) is 38.9 Å². The van der Waals surface area contributed by atoms with E-state index in [-0.39, 0.29) is 23.5 Å². The van der Waals surface area contributed by atoms with E-state index >= 15 is 0 Å². The molecular formula is C17H23N3O2S. The van der Waals surface area contributed by atoms with Crippen LogP contribution in [0.25, 0.3) is 0 Å². The molecule has 1 saturated heterocycles. The third-order valence-corrected chi connectivity index (χ3v) is 4.84. The molecule has 0 radical (unpaired) electrons. The van der Waals surface area contributed by atoms with Gasteiger partial charge in [-0.3, -0.25) is 14.5 Å². The van der Waals surface area contributed by atoms with Gasteiger partial charge in [-0.15, -0.1) is 0 Å². The Labute approximate surface area is 141 Å². The summed E-state index contributed by atoms with van der Waals surface area (Å²) >= 11 is 1.39. The van der Waals surface area contributed by atoms with E-state index in [4.69, 9.17) is 0 Å². The maximum Gasteiger partial charge on any atom is 0.242 e. The zero-order valence-electron chi connectivity index (χ0n) is 13.8. The van der Waals surface area contributed by atoms with Crippen LogP contribution >= 0.6 is 11.8 Å². The molecule has 23 heavy (non-hydrogen) atoms. The predicted molar refractivity (Wildman–Crippen MR) is 95.0 cm³/mol. The van der Waals surface area contributed by atoms with E-state index in [1.54, 1.807) is 4.90 Å². The van der Waals surface area contributed by atoms with Crippen LogP contribution in [0.4, 0.5) is 5.69 Å². The lowest BCUT2D eigenvalue weighted by Crippen LogP contribution is -2.34. The lowest BCUT2D eigenvalue weighted by atomic mass is 10.1. The van der Waals surface area contributed by atoms with Gasteiger partial charge in [-0.05, 0) is 31.9 Å². The number of thioether (sulfide) groups is 1. The maximum atomic E-state index is 12.5. The van der Waals surface area contributed by atoms with Crippen LogP contribution in [-0.2, 0) is 16.0 Å². The molecule has 2 amide bonds. The Bertz CT molecular complexity index is 616. The van der Waals surface area contributed by atoms with E-state index in [1.165, 1.54) is 11.8 Å². The SMILES string of the molecule is CCNC(=O)CC1SC(=Nc2ccccc2CC)N(CC)C1=O. The second kappa shape index (κ2) is 8.15. The number of para-hydroxylation sites is 1. The molecular weight excluding hydrogens is 310 g/mol. The minimum atomic E-state index is -0.381. The van der Waals surface area contributed by atoms with E-state index < -0.39 is 0 Å². The molecule has 5 nitrogen and oxygen atoms in total. The number of benzene rings is 1. The van der Waals surface area contributed by atoms with Gasteiger partial charge in [0.1, 0.15) is 5.25 Å². The normalized spacial score (nSPS) is 19.4. The molecule has 1 unspecified atom stereocenters. The number of amides is 2. The zero-order valence-corrected chi connectivity index (χ0v) is 14.7. The Kier molecular flexibility index (Phi) is 6.21. The van der Waals surface area contributed by atoms with Crippen molar-refractivity contribution in [1.29, 1.82) is 0 Å². The number of nitrogens with zero attached hydrogens (tertiary/aromatic N) is 2. The van der Waals surface area contributed by atoms with E-state index in [2.05, 4.69) is 17.2 Å². The summed E-state index contributed by atoms with van der Waals surface area (Å²) in [5.41, 5.74) is 2.04. The van der Waals surface area contributed by atoms with Crippen LogP contribution in [0, 0.1) is 0 Å². The molecule has 1 aliphatic heterocycles. The molecule has 0 aromatic heterocycles. The third-order valence-electron chi connectivity index (χ3n) is 3.67. The number of aliphatic imine (C=N–C) groups is 1. The number of carbonyl (C=O) groups is 2. The number of amidine groups is 1. The highest BCUT2D eigenvalue weighted by atomic mass is 32.2. The topological polar surface area (TPSA) is 61.8 Å². The Morgan fingerprint density at radius 2 is 2.04 bits per heavy atom. The molecule has 0 saturated carbocycles. The number of aryl methyl sites for hydroxylation is 1. The van der Waals surface area contributed by atoms with Gasteiger partial charge < -0.3 is 5.32 Å². The first-order chi connectivity index (χ1) is 11.1. The van der Waals surface area contributed by atoms with E-state index in [0.29, 0.717) is 18.3 Å². The second-order valence-electron chi connectivity index (χ2n) is 5.22. The molecule has 0 bridgehead atoms. The summed E-state index contributed by atoms with van der Waals surface area (Å²) < 4.78 is 0. The number of hydrogen-bond acceptors (Lipinski definition) is 4. The van der Waals surface area contributed by atoms with Gasteiger partial charge in [0.15, 0.2) is 5.17 Å². The van der Waals surface area contributed by atoms with Gasteiger partial charge >= 0.3 is 0 Å². The highest BCUT2D eigenvalue weighted by Crippen LogP contribution is 2.32. The van der Waals surface area contributed by atoms with Crippen molar-refractivity contribution < 1.29 is 9.59 Å². The van der Waals surface area contributed by atoms with Crippen LogP contribution in [0.5, 0.6) is 0 Å². The predicted octanol–water partition coefficient (Wildman–Crippen LogP) is 2.73. The van der Waals surface area contributed by atoms with Crippen molar-refractivity contribution in [2.24, 2.45) is 4.99 Å². The van der Waals surface area contributed by atoms with Crippen molar-refractivity contribution in [3.8, 4) is 0 Å². The summed E-state index contributed by atoms with van der Waals surface area (Å²) in [6, 6.07) is 7.94. The lowest BCUT2D eigenvalue weighted by molar-refractivity contribution is -0.129. The van der Waals surface area contributed by atoms with E-state index in [0.717, 1.165) is 17.7 Å². The quantitative estimate of drug-likeness (QED) is 0.871. The molecule has 0 spiro atoms. The average molecular weight is 333 g/mol. The van der Waals surface area contributed by atoms with Crippen molar-refractivity contribution in [1.82, 2.24) is 10.2 Å². The molecule has 1 aromatic carbocycles. The fourth-order valence-corrected chi connectivity index (χ4v) is 3.69. The van der Waals surface area contributed by atoms with Crippen LogP contribution in [-0.4, -0.2) is 40.2 Å². The van der Waals surface area contributed by atoms with Crippen molar-refractivity contribution in [3.63, 3.8) is 0 Å². The standard InChI is InChI=1S/C17H23N3O2S/c1-4-12-9-7-8-10-13(12)19-17-20(6-3)16(22)14(23-17)11-15(21)18-5-2/h7-10,14H,4-6,11H2,1-3H3,(H,18,21). The first-order valence-corrected chi connectivity index (χ1v) is 8.89. The van der Waals surface area contributed by atoms with Crippen LogP contribution in [0.15, 0.2) is 29.3 Å². The largest absolute Gasteiger partial charge is 0.356 e. The fraction of sp³-hybridized carbons (Fsp3) is 0.471. The first-order valence-electron chi connectivity index (χ1n) is 8.01. The molecule has 1 fully saturated rings. The van der Waals surface area contributed by atoms with Gasteiger partial charge in [0.2, 0.25) is 11.8 Å². The minimum Gasteiger partial charge on any atom is -0.356 e. The average Bonchev–Trinajstić information content (AvgIpc) is 2.83.